The van der Waals surface area contributed by atoms with Gasteiger partial charge in [-0.3, -0.25) is 0 Å². The van der Waals surface area contributed by atoms with Crippen molar-refractivity contribution in [2.75, 3.05) is 26.9 Å². The van der Waals surface area contributed by atoms with Gasteiger partial charge in [0, 0.05) is 32.2 Å². The Kier molecular flexibility index (Phi) is 8.73. The molecule has 0 radical (unpaired) electrons. The van der Waals surface area contributed by atoms with Crippen LogP contribution < -0.4 is 14.8 Å². The van der Waals surface area contributed by atoms with Gasteiger partial charge in [0.05, 0.1) is 18.2 Å². The molecule has 0 aliphatic heterocycles. The van der Waals surface area contributed by atoms with Crippen LogP contribution >= 0.6 is 15.9 Å². The lowest BCUT2D eigenvalue weighted by molar-refractivity contribution is 0.130. The Morgan fingerprint density at radius 3 is 2.62 bits per heavy atom. The molecule has 0 fully saturated rings. The third-order valence-corrected chi connectivity index (χ3v) is 3.48. The Labute approximate surface area is 136 Å². The SMILES string of the molecule is CCOCCCOc1c(Br)cc(CNC(C)C)cc1OC. The molecule has 0 heterocycles. The molecule has 0 spiro atoms. The molecule has 1 aromatic rings. The maximum Gasteiger partial charge on any atom is 0.175 e. The van der Waals surface area contributed by atoms with Crippen LogP contribution in [-0.2, 0) is 11.3 Å². The van der Waals surface area contributed by atoms with E-state index in [-0.39, 0.29) is 0 Å². The highest BCUT2D eigenvalue weighted by molar-refractivity contribution is 9.10. The summed E-state index contributed by atoms with van der Waals surface area (Å²) in [4.78, 5) is 0. The normalized spacial score (nSPS) is 11.0. The van der Waals surface area contributed by atoms with Gasteiger partial charge in [-0.15, -0.1) is 0 Å². The zero-order valence-corrected chi connectivity index (χ0v) is 15.0. The van der Waals surface area contributed by atoms with Crippen molar-refractivity contribution >= 4 is 15.9 Å². The van der Waals surface area contributed by atoms with Crippen LogP contribution in [0.3, 0.4) is 0 Å². The zero-order valence-electron chi connectivity index (χ0n) is 13.4. The van der Waals surface area contributed by atoms with E-state index < -0.39 is 0 Å². The van der Waals surface area contributed by atoms with Crippen molar-refractivity contribution in [2.45, 2.75) is 39.8 Å². The van der Waals surface area contributed by atoms with Crippen LogP contribution in [0.5, 0.6) is 11.5 Å². The highest BCUT2D eigenvalue weighted by atomic mass is 79.9. The lowest BCUT2D eigenvalue weighted by Crippen LogP contribution is -2.21. The van der Waals surface area contributed by atoms with E-state index in [1.54, 1.807) is 7.11 Å². The van der Waals surface area contributed by atoms with Gasteiger partial charge < -0.3 is 19.5 Å². The average molecular weight is 360 g/mol. The molecule has 21 heavy (non-hydrogen) atoms. The van der Waals surface area contributed by atoms with E-state index in [2.05, 4.69) is 41.2 Å². The summed E-state index contributed by atoms with van der Waals surface area (Å²) in [5.74, 6) is 1.50. The van der Waals surface area contributed by atoms with Gasteiger partial charge in [0.25, 0.3) is 0 Å². The van der Waals surface area contributed by atoms with Gasteiger partial charge in [0.1, 0.15) is 0 Å². The van der Waals surface area contributed by atoms with Gasteiger partial charge in [-0.2, -0.15) is 0 Å². The van der Waals surface area contributed by atoms with E-state index in [9.17, 15) is 0 Å². The lowest BCUT2D eigenvalue weighted by Gasteiger charge is -2.15. The molecule has 1 rings (SSSR count). The van der Waals surface area contributed by atoms with Crippen LogP contribution in [0.2, 0.25) is 0 Å². The minimum absolute atomic E-state index is 0.448. The average Bonchev–Trinajstić information content (AvgIpc) is 2.46. The summed E-state index contributed by atoms with van der Waals surface area (Å²) >= 11 is 3.56. The summed E-state index contributed by atoms with van der Waals surface area (Å²) in [6.45, 7) is 9.11. The first-order chi connectivity index (χ1) is 10.1. The molecular formula is C16H26BrNO3. The molecule has 0 saturated heterocycles. The Morgan fingerprint density at radius 2 is 2.00 bits per heavy atom. The van der Waals surface area contributed by atoms with Crippen molar-refractivity contribution in [1.82, 2.24) is 5.32 Å². The summed E-state index contributed by atoms with van der Waals surface area (Å²) in [6, 6.07) is 4.53. The molecule has 1 N–H and O–H groups in total. The fraction of sp³-hybridized carbons (Fsp3) is 0.625. The van der Waals surface area contributed by atoms with Crippen molar-refractivity contribution in [2.24, 2.45) is 0 Å². The molecule has 0 aliphatic carbocycles. The highest BCUT2D eigenvalue weighted by Gasteiger charge is 2.11. The molecule has 0 aliphatic rings. The third kappa shape index (κ3) is 6.68. The van der Waals surface area contributed by atoms with Crippen molar-refractivity contribution in [1.29, 1.82) is 0 Å². The molecule has 4 nitrogen and oxygen atoms in total. The van der Waals surface area contributed by atoms with Crippen molar-refractivity contribution < 1.29 is 14.2 Å². The summed E-state index contributed by atoms with van der Waals surface area (Å²) in [7, 11) is 1.66. The van der Waals surface area contributed by atoms with Crippen LogP contribution in [0, 0.1) is 0 Å². The quantitative estimate of drug-likeness (QED) is 0.645. The second kappa shape index (κ2) is 10.0. The number of hydrogen-bond donors (Lipinski definition) is 1. The first-order valence-electron chi connectivity index (χ1n) is 7.38. The van der Waals surface area contributed by atoms with E-state index >= 15 is 0 Å². The first kappa shape index (κ1) is 18.3. The Bertz CT molecular complexity index is 424. The van der Waals surface area contributed by atoms with Gasteiger partial charge in [0.15, 0.2) is 11.5 Å². The lowest BCUT2D eigenvalue weighted by atomic mass is 10.2. The number of rotatable bonds is 10. The van der Waals surface area contributed by atoms with E-state index in [1.165, 1.54) is 0 Å². The van der Waals surface area contributed by atoms with Gasteiger partial charge >= 0.3 is 0 Å². The van der Waals surface area contributed by atoms with Crippen LogP contribution in [-0.4, -0.2) is 33.0 Å². The molecule has 0 aromatic heterocycles. The number of halogens is 1. The number of nitrogens with one attached hydrogen (secondary N) is 1. The smallest absolute Gasteiger partial charge is 0.175 e. The summed E-state index contributed by atoms with van der Waals surface area (Å²) in [5, 5.41) is 3.39. The Hall–Kier alpha value is -0.780. The maximum absolute atomic E-state index is 5.81. The molecule has 0 amide bonds. The highest BCUT2D eigenvalue weighted by Crippen LogP contribution is 2.36. The molecule has 120 valence electrons. The largest absolute Gasteiger partial charge is 0.493 e. The predicted octanol–water partition coefficient (Wildman–Crippen LogP) is 3.76. The van der Waals surface area contributed by atoms with Crippen LogP contribution in [0.25, 0.3) is 0 Å². The second-order valence-corrected chi connectivity index (χ2v) is 5.90. The fourth-order valence-electron chi connectivity index (χ4n) is 1.82. The van der Waals surface area contributed by atoms with Gasteiger partial charge in [0.2, 0.25) is 0 Å². The molecular weight excluding hydrogens is 334 g/mol. The fourth-order valence-corrected chi connectivity index (χ4v) is 2.42. The maximum atomic E-state index is 5.81. The van der Waals surface area contributed by atoms with Gasteiger partial charge in [-0.1, -0.05) is 13.8 Å². The van der Waals surface area contributed by atoms with Crippen molar-refractivity contribution in [3.63, 3.8) is 0 Å². The predicted molar refractivity (Wildman–Crippen MR) is 89.3 cm³/mol. The minimum Gasteiger partial charge on any atom is -0.493 e. The standard InChI is InChI=1S/C16H26BrNO3/c1-5-20-7-6-8-21-16-14(17)9-13(10-15(16)19-4)11-18-12(2)3/h9-10,12,18H,5-8,11H2,1-4H3. The molecule has 0 atom stereocenters. The van der Waals surface area contributed by atoms with E-state index in [1.807, 2.05) is 13.0 Å². The summed E-state index contributed by atoms with van der Waals surface area (Å²) < 4.78 is 17.5. The topological polar surface area (TPSA) is 39.7 Å². The van der Waals surface area contributed by atoms with Gasteiger partial charge in [-0.25, -0.2) is 0 Å². The number of benzene rings is 1. The second-order valence-electron chi connectivity index (χ2n) is 5.04. The monoisotopic (exact) mass is 359 g/mol. The van der Waals surface area contributed by atoms with E-state index in [0.717, 1.165) is 41.1 Å². The first-order valence-corrected chi connectivity index (χ1v) is 8.18. The van der Waals surface area contributed by atoms with Crippen LogP contribution in [0.15, 0.2) is 16.6 Å². The Morgan fingerprint density at radius 1 is 1.24 bits per heavy atom. The van der Waals surface area contributed by atoms with Crippen molar-refractivity contribution in [3.05, 3.63) is 22.2 Å². The Balaban J connectivity index is 2.66. The van der Waals surface area contributed by atoms with Crippen LogP contribution in [0.1, 0.15) is 32.8 Å². The summed E-state index contributed by atoms with van der Waals surface area (Å²) in [6.07, 6.45) is 0.861. The number of ether oxygens (including phenoxy) is 3. The van der Waals surface area contributed by atoms with Crippen LogP contribution in [0.4, 0.5) is 0 Å². The number of hydrogen-bond acceptors (Lipinski definition) is 4. The number of methoxy groups -OCH3 is 1. The summed E-state index contributed by atoms with van der Waals surface area (Å²) in [5.41, 5.74) is 1.16. The minimum atomic E-state index is 0.448. The van der Waals surface area contributed by atoms with E-state index in [4.69, 9.17) is 14.2 Å². The van der Waals surface area contributed by atoms with Gasteiger partial charge in [-0.05, 0) is 40.5 Å². The molecule has 0 unspecified atom stereocenters. The zero-order chi connectivity index (χ0) is 15.7. The molecule has 0 bridgehead atoms. The van der Waals surface area contributed by atoms with E-state index in [0.29, 0.717) is 19.3 Å². The molecule has 5 heteroatoms. The third-order valence-electron chi connectivity index (χ3n) is 2.89. The molecule has 0 saturated carbocycles. The molecule has 1 aromatic carbocycles. The van der Waals surface area contributed by atoms with Crippen molar-refractivity contribution in [3.8, 4) is 11.5 Å².